The second-order valence-electron chi connectivity index (χ2n) is 9.28. The molecule has 0 spiro atoms. The molecule has 1 unspecified atom stereocenters. The molecule has 0 bridgehead atoms. The molecule has 0 aliphatic heterocycles. The van der Waals surface area contributed by atoms with Gasteiger partial charge in [-0.3, -0.25) is 4.79 Å². The highest BCUT2D eigenvalue weighted by Gasteiger charge is 2.23. The summed E-state index contributed by atoms with van der Waals surface area (Å²) in [5, 5.41) is 0. The van der Waals surface area contributed by atoms with E-state index >= 15 is 0 Å². The third-order valence-corrected chi connectivity index (χ3v) is 6.20. The highest BCUT2D eigenvalue weighted by Crippen LogP contribution is 2.29. The molecule has 1 amide bonds. The summed E-state index contributed by atoms with van der Waals surface area (Å²) < 4.78 is 0. The molecule has 3 nitrogen and oxygen atoms in total. The number of hydrogen-bond acceptors (Lipinski definition) is 2. The average molecular weight is 429 g/mol. The van der Waals surface area contributed by atoms with Gasteiger partial charge in [0, 0.05) is 23.7 Å². The van der Waals surface area contributed by atoms with Crippen LogP contribution in [0, 0.1) is 0 Å². The summed E-state index contributed by atoms with van der Waals surface area (Å²) in [6.45, 7) is 10.5. The molecule has 0 aliphatic carbocycles. The van der Waals surface area contributed by atoms with Crippen LogP contribution in [0.5, 0.6) is 0 Å². The second kappa shape index (κ2) is 10.1. The molecule has 3 rings (SSSR count). The Bertz CT molecular complexity index is 1030. The lowest BCUT2D eigenvalue weighted by Gasteiger charge is -2.31. The van der Waals surface area contributed by atoms with Gasteiger partial charge in [-0.1, -0.05) is 66.7 Å². The molecular weight excluding hydrogens is 392 g/mol. The van der Waals surface area contributed by atoms with Crippen molar-refractivity contribution in [1.82, 2.24) is 9.80 Å². The molecule has 0 heterocycles. The summed E-state index contributed by atoms with van der Waals surface area (Å²) in [7, 11) is 4.20. The third-order valence-electron chi connectivity index (χ3n) is 6.20. The zero-order chi connectivity index (χ0) is 23.4. The molecule has 32 heavy (non-hydrogen) atoms. The van der Waals surface area contributed by atoms with Crippen LogP contribution in [0.2, 0.25) is 0 Å². The van der Waals surface area contributed by atoms with Crippen molar-refractivity contribution < 1.29 is 4.79 Å². The molecule has 3 heteroatoms. The number of amides is 1. The monoisotopic (exact) mass is 428 g/mol. The van der Waals surface area contributed by atoms with Crippen molar-refractivity contribution in [1.29, 1.82) is 0 Å². The SMILES string of the molecule is CC(c1ccc(-c2ccc(-c3ccccc3C(=O)N(C(C)C)C(C)C)cc2)cc1)N(C)C. The molecule has 1 atom stereocenters. The fourth-order valence-electron chi connectivity index (χ4n) is 4.22. The van der Waals surface area contributed by atoms with Crippen molar-refractivity contribution in [2.75, 3.05) is 14.1 Å². The first kappa shape index (κ1) is 23.7. The van der Waals surface area contributed by atoms with Crippen molar-refractivity contribution in [2.45, 2.75) is 52.7 Å². The van der Waals surface area contributed by atoms with E-state index < -0.39 is 0 Å². The van der Waals surface area contributed by atoms with E-state index in [0.717, 1.165) is 16.7 Å². The second-order valence-corrected chi connectivity index (χ2v) is 9.28. The van der Waals surface area contributed by atoms with Gasteiger partial charge >= 0.3 is 0 Å². The topological polar surface area (TPSA) is 23.6 Å². The Balaban J connectivity index is 1.90. The molecule has 0 fully saturated rings. The van der Waals surface area contributed by atoms with Crippen LogP contribution in [-0.2, 0) is 0 Å². The van der Waals surface area contributed by atoms with Crippen molar-refractivity contribution in [3.8, 4) is 22.3 Å². The molecule has 3 aromatic rings. The first-order chi connectivity index (χ1) is 15.2. The Hall–Kier alpha value is -2.91. The maximum atomic E-state index is 13.4. The van der Waals surface area contributed by atoms with Crippen molar-refractivity contribution in [3.63, 3.8) is 0 Å². The minimum absolute atomic E-state index is 0.0836. The van der Waals surface area contributed by atoms with Gasteiger partial charge in [-0.2, -0.15) is 0 Å². The van der Waals surface area contributed by atoms with Gasteiger partial charge in [0.25, 0.3) is 5.91 Å². The van der Waals surface area contributed by atoms with Crippen molar-refractivity contribution in [2.24, 2.45) is 0 Å². The van der Waals surface area contributed by atoms with Gasteiger partial charge in [0.15, 0.2) is 0 Å². The predicted molar refractivity (Wildman–Crippen MR) is 136 cm³/mol. The summed E-state index contributed by atoms with van der Waals surface area (Å²) in [6.07, 6.45) is 0. The molecular formula is C29H36N2O. The summed E-state index contributed by atoms with van der Waals surface area (Å²) >= 11 is 0. The van der Waals surface area contributed by atoms with Crippen molar-refractivity contribution in [3.05, 3.63) is 83.9 Å². The van der Waals surface area contributed by atoms with Crippen LogP contribution >= 0.6 is 0 Å². The molecule has 0 radical (unpaired) electrons. The first-order valence-corrected chi connectivity index (χ1v) is 11.5. The molecule has 0 N–H and O–H groups in total. The van der Waals surface area contributed by atoms with E-state index in [-0.39, 0.29) is 18.0 Å². The maximum Gasteiger partial charge on any atom is 0.254 e. The summed E-state index contributed by atoms with van der Waals surface area (Å²) in [6, 6.07) is 25.9. The van der Waals surface area contributed by atoms with Gasteiger partial charge in [0.2, 0.25) is 0 Å². The lowest BCUT2D eigenvalue weighted by Crippen LogP contribution is -2.42. The first-order valence-electron chi connectivity index (χ1n) is 11.5. The molecule has 0 saturated carbocycles. The minimum Gasteiger partial charge on any atom is -0.334 e. The number of rotatable bonds is 7. The standard InChI is InChI=1S/C29H36N2O/c1-20(2)31(21(3)4)29(32)28-11-9-8-10-27(28)26-18-16-25(17-19-26)24-14-12-23(13-15-24)22(5)30(6)7/h8-22H,1-7H3. The van der Waals surface area contributed by atoms with E-state index in [0.29, 0.717) is 6.04 Å². The predicted octanol–water partition coefficient (Wildman–Crippen LogP) is 6.90. The van der Waals surface area contributed by atoms with Gasteiger partial charge in [0.05, 0.1) is 0 Å². The van der Waals surface area contributed by atoms with Crippen LogP contribution in [0.15, 0.2) is 72.8 Å². The van der Waals surface area contributed by atoms with Crippen molar-refractivity contribution >= 4 is 5.91 Å². The molecule has 0 aromatic heterocycles. The lowest BCUT2D eigenvalue weighted by atomic mass is 9.95. The average Bonchev–Trinajstić information content (AvgIpc) is 2.78. The Labute approximate surface area is 193 Å². The van der Waals surface area contributed by atoms with Crippen LogP contribution in [0.4, 0.5) is 0 Å². The normalized spacial score (nSPS) is 12.4. The van der Waals surface area contributed by atoms with Gasteiger partial charge < -0.3 is 9.80 Å². The Morgan fingerprint density at radius 1 is 0.656 bits per heavy atom. The smallest absolute Gasteiger partial charge is 0.254 e. The van der Waals surface area contributed by atoms with Crippen LogP contribution < -0.4 is 0 Å². The fraction of sp³-hybridized carbons (Fsp3) is 0.345. The number of nitrogens with zero attached hydrogens (tertiary/aromatic N) is 2. The molecule has 0 saturated heterocycles. The van der Waals surface area contributed by atoms with E-state index in [1.54, 1.807) is 0 Å². The summed E-state index contributed by atoms with van der Waals surface area (Å²) in [4.78, 5) is 17.5. The Morgan fingerprint density at radius 2 is 1.12 bits per heavy atom. The van der Waals surface area contributed by atoms with Crippen LogP contribution in [0.25, 0.3) is 22.3 Å². The van der Waals surface area contributed by atoms with E-state index in [4.69, 9.17) is 0 Å². The molecule has 168 valence electrons. The Morgan fingerprint density at radius 3 is 1.62 bits per heavy atom. The van der Waals surface area contributed by atoms with E-state index in [1.165, 1.54) is 16.7 Å². The zero-order valence-electron chi connectivity index (χ0n) is 20.5. The number of hydrogen-bond donors (Lipinski definition) is 0. The number of benzene rings is 3. The molecule has 3 aromatic carbocycles. The highest BCUT2D eigenvalue weighted by molar-refractivity contribution is 6.01. The Kier molecular flexibility index (Phi) is 7.52. The van der Waals surface area contributed by atoms with Gasteiger partial charge in [0.1, 0.15) is 0 Å². The van der Waals surface area contributed by atoms with Crippen LogP contribution in [0.1, 0.15) is 56.6 Å². The van der Waals surface area contributed by atoms with Gasteiger partial charge in [-0.15, -0.1) is 0 Å². The maximum absolute atomic E-state index is 13.4. The lowest BCUT2D eigenvalue weighted by molar-refractivity contribution is 0.0644. The zero-order valence-corrected chi connectivity index (χ0v) is 20.5. The van der Waals surface area contributed by atoms with Gasteiger partial charge in [-0.05, 0) is 82.6 Å². The van der Waals surface area contributed by atoms with E-state index in [2.05, 4.69) is 102 Å². The minimum atomic E-state index is 0.0836. The summed E-state index contributed by atoms with van der Waals surface area (Å²) in [5.74, 6) is 0.0836. The van der Waals surface area contributed by atoms with Gasteiger partial charge in [-0.25, -0.2) is 0 Å². The van der Waals surface area contributed by atoms with E-state index in [9.17, 15) is 4.79 Å². The highest BCUT2D eigenvalue weighted by atomic mass is 16.2. The third kappa shape index (κ3) is 5.11. The van der Waals surface area contributed by atoms with E-state index in [1.807, 2.05) is 29.2 Å². The largest absolute Gasteiger partial charge is 0.334 e. The number of carbonyl (C=O) groups is 1. The molecule has 0 aliphatic rings. The van der Waals surface area contributed by atoms with Crippen LogP contribution in [0.3, 0.4) is 0 Å². The summed E-state index contributed by atoms with van der Waals surface area (Å²) in [5.41, 5.74) is 6.47. The number of carbonyl (C=O) groups excluding carboxylic acids is 1. The van der Waals surface area contributed by atoms with Crippen LogP contribution in [-0.4, -0.2) is 41.9 Å². The quantitative estimate of drug-likeness (QED) is 0.408. The fourth-order valence-corrected chi connectivity index (χ4v) is 4.22.